The van der Waals surface area contributed by atoms with Crippen LogP contribution in [0.3, 0.4) is 0 Å². The molecule has 2 atom stereocenters. The van der Waals surface area contributed by atoms with Crippen molar-refractivity contribution in [2.24, 2.45) is 11.7 Å². The number of ether oxygens (including phenoxy) is 1. The molecule has 1 aliphatic carbocycles. The van der Waals surface area contributed by atoms with Crippen LogP contribution in [0.2, 0.25) is 0 Å². The van der Waals surface area contributed by atoms with Crippen molar-refractivity contribution in [2.45, 2.75) is 25.3 Å². The Morgan fingerprint density at radius 2 is 1.93 bits per heavy atom. The molecule has 0 radical (unpaired) electrons. The van der Waals surface area contributed by atoms with Crippen molar-refractivity contribution in [1.29, 1.82) is 0 Å². The third-order valence-electron chi connectivity index (χ3n) is 4.97. The zero-order valence-electron chi connectivity index (χ0n) is 15.1. The molecule has 1 aromatic heterocycles. The van der Waals surface area contributed by atoms with Gasteiger partial charge in [0.25, 0.3) is 0 Å². The second kappa shape index (κ2) is 7.98. The molecular formula is C20H23ClN4O2. The largest absolute Gasteiger partial charge is 0.495 e. The molecule has 6 nitrogen and oxygen atoms in total. The third kappa shape index (κ3) is 3.63. The average Bonchev–Trinajstić information content (AvgIpc) is 3.25. The van der Waals surface area contributed by atoms with E-state index in [2.05, 4.69) is 10.3 Å². The van der Waals surface area contributed by atoms with E-state index < -0.39 is 0 Å². The fourth-order valence-electron chi connectivity index (χ4n) is 3.63. The van der Waals surface area contributed by atoms with Crippen molar-refractivity contribution in [3.05, 3.63) is 48.5 Å². The first-order chi connectivity index (χ1) is 12.7. The predicted octanol–water partition coefficient (Wildman–Crippen LogP) is 3.52. The minimum atomic E-state index is -0.0593. The van der Waals surface area contributed by atoms with Gasteiger partial charge in [-0.25, -0.2) is 4.98 Å². The van der Waals surface area contributed by atoms with E-state index in [4.69, 9.17) is 10.5 Å². The molecule has 2 aromatic carbocycles. The molecule has 3 aromatic rings. The monoisotopic (exact) mass is 386 g/mol. The number of benzene rings is 2. The van der Waals surface area contributed by atoms with Gasteiger partial charge in [0, 0.05) is 12.0 Å². The number of carbonyl (C=O) groups is 1. The number of imidazole rings is 1. The number of hydrogen-bond donors (Lipinski definition) is 2. The smallest absolute Gasteiger partial charge is 0.229 e. The first-order valence-electron chi connectivity index (χ1n) is 8.84. The van der Waals surface area contributed by atoms with Gasteiger partial charge in [0.2, 0.25) is 11.9 Å². The van der Waals surface area contributed by atoms with E-state index in [0.29, 0.717) is 11.7 Å². The fraction of sp³-hybridized carbons (Fsp3) is 0.300. The van der Waals surface area contributed by atoms with E-state index >= 15 is 0 Å². The second-order valence-electron chi connectivity index (χ2n) is 6.69. The number of halogens is 1. The maximum Gasteiger partial charge on any atom is 0.229 e. The number of anilines is 1. The van der Waals surface area contributed by atoms with Crippen LogP contribution >= 0.6 is 12.4 Å². The number of nitrogens with one attached hydrogen (secondary N) is 1. The fourth-order valence-corrected chi connectivity index (χ4v) is 3.63. The number of nitrogens with two attached hydrogens (primary N) is 1. The van der Waals surface area contributed by atoms with Gasteiger partial charge in [-0.05, 0) is 43.5 Å². The Balaban J connectivity index is 0.00000210. The summed E-state index contributed by atoms with van der Waals surface area (Å²) in [5, 5.41) is 3.01. The Bertz CT molecular complexity index is 956. The normalized spacial score (nSPS) is 18.9. The zero-order valence-corrected chi connectivity index (χ0v) is 15.9. The van der Waals surface area contributed by atoms with Gasteiger partial charge in [-0.15, -0.1) is 12.4 Å². The van der Waals surface area contributed by atoms with Crippen LogP contribution in [0.1, 0.15) is 19.3 Å². The maximum atomic E-state index is 12.7. The van der Waals surface area contributed by atoms with Gasteiger partial charge >= 0.3 is 0 Å². The number of para-hydroxylation sites is 4. The molecule has 7 heteroatoms. The van der Waals surface area contributed by atoms with Gasteiger partial charge in [-0.3, -0.25) is 14.7 Å². The van der Waals surface area contributed by atoms with E-state index in [9.17, 15) is 4.79 Å². The van der Waals surface area contributed by atoms with Crippen molar-refractivity contribution in [1.82, 2.24) is 9.55 Å². The molecule has 4 rings (SSSR count). The highest BCUT2D eigenvalue weighted by Gasteiger charge is 2.29. The highest BCUT2D eigenvalue weighted by molar-refractivity contribution is 5.94. The number of hydrogen-bond acceptors (Lipinski definition) is 4. The molecule has 1 heterocycles. The van der Waals surface area contributed by atoms with Crippen molar-refractivity contribution < 1.29 is 9.53 Å². The van der Waals surface area contributed by atoms with E-state index in [1.807, 2.05) is 53.1 Å². The summed E-state index contributed by atoms with van der Waals surface area (Å²) in [4.78, 5) is 17.4. The average molecular weight is 387 g/mol. The Labute approximate surface area is 164 Å². The Kier molecular flexibility index (Phi) is 5.68. The summed E-state index contributed by atoms with van der Waals surface area (Å²) in [6, 6.07) is 15.6. The summed E-state index contributed by atoms with van der Waals surface area (Å²) in [6.45, 7) is 0. The zero-order chi connectivity index (χ0) is 18.1. The number of carbonyl (C=O) groups excluding carboxylic acids is 1. The molecule has 27 heavy (non-hydrogen) atoms. The lowest BCUT2D eigenvalue weighted by Crippen LogP contribution is -2.24. The SMILES string of the molecule is COc1ccccc1-n1c(NC(=O)C2CCC(N)C2)nc2ccccc21.Cl. The predicted molar refractivity (Wildman–Crippen MR) is 109 cm³/mol. The molecule has 1 aliphatic rings. The quantitative estimate of drug-likeness (QED) is 0.718. The topological polar surface area (TPSA) is 82.2 Å². The number of nitrogens with zero attached hydrogens (tertiary/aromatic N) is 2. The number of aromatic nitrogens is 2. The van der Waals surface area contributed by atoms with E-state index in [0.717, 1.165) is 36.0 Å². The number of rotatable bonds is 4. The maximum absolute atomic E-state index is 12.7. The Morgan fingerprint density at radius 3 is 2.67 bits per heavy atom. The van der Waals surface area contributed by atoms with E-state index in [1.165, 1.54) is 0 Å². The van der Waals surface area contributed by atoms with Gasteiger partial charge in [-0.2, -0.15) is 0 Å². The van der Waals surface area contributed by atoms with Crippen LogP contribution in [0, 0.1) is 5.92 Å². The molecule has 1 amide bonds. The van der Waals surface area contributed by atoms with Gasteiger partial charge in [0.05, 0.1) is 23.8 Å². The van der Waals surface area contributed by atoms with Crippen LogP contribution in [-0.2, 0) is 4.79 Å². The van der Waals surface area contributed by atoms with Crippen molar-refractivity contribution >= 4 is 35.3 Å². The number of amides is 1. The Hall–Kier alpha value is -2.57. The van der Waals surface area contributed by atoms with Gasteiger partial charge < -0.3 is 10.5 Å². The summed E-state index contributed by atoms with van der Waals surface area (Å²) >= 11 is 0. The number of methoxy groups -OCH3 is 1. The highest BCUT2D eigenvalue weighted by Crippen LogP contribution is 2.31. The standard InChI is InChI=1S/C20H22N4O2.ClH/c1-26-18-9-5-4-8-17(18)24-16-7-3-2-6-15(16)22-20(24)23-19(25)13-10-11-14(21)12-13;/h2-9,13-14H,10-12,21H2,1H3,(H,22,23,25);1H. The lowest BCUT2D eigenvalue weighted by atomic mass is 10.1. The number of fused-ring (bicyclic) bond motifs is 1. The minimum absolute atomic E-state index is 0. The molecule has 1 saturated carbocycles. The molecule has 2 unspecified atom stereocenters. The Morgan fingerprint density at radius 1 is 1.19 bits per heavy atom. The molecule has 1 fully saturated rings. The third-order valence-corrected chi connectivity index (χ3v) is 4.97. The van der Waals surface area contributed by atoms with Crippen LogP contribution in [-0.4, -0.2) is 28.6 Å². The lowest BCUT2D eigenvalue weighted by Gasteiger charge is -2.15. The second-order valence-corrected chi connectivity index (χ2v) is 6.69. The first-order valence-corrected chi connectivity index (χ1v) is 8.84. The van der Waals surface area contributed by atoms with Crippen LogP contribution in [0.4, 0.5) is 5.95 Å². The van der Waals surface area contributed by atoms with Crippen LogP contribution < -0.4 is 15.8 Å². The molecular weight excluding hydrogens is 364 g/mol. The van der Waals surface area contributed by atoms with Crippen molar-refractivity contribution in [3.63, 3.8) is 0 Å². The van der Waals surface area contributed by atoms with Crippen LogP contribution in [0.25, 0.3) is 16.7 Å². The van der Waals surface area contributed by atoms with E-state index in [1.54, 1.807) is 7.11 Å². The molecule has 0 bridgehead atoms. The summed E-state index contributed by atoms with van der Waals surface area (Å²) in [5.74, 6) is 1.13. The van der Waals surface area contributed by atoms with Gasteiger partial charge in [0.15, 0.2) is 0 Å². The highest BCUT2D eigenvalue weighted by atomic mass is 35.5. The molecule has 0 aliphatic heterocycles. The summed E-state index contributed by atoms with van der Waals surface area (Å²) in [5.41, 5.74) is 8.52. The molecule has 0 saturated heterocycles. The summed E-state index contributed by atoms with van der Waals surface area (Å²) in [6.07, 6.45) is 2.43. The van der Waals surface area contributed by atoms with Crippen molar-refractivity contribution in [3.8, 4) is 11.4 Å². The van der Waals surface area contributed by atoms with E-state index in [-0.39, 0.29) is 30.3 Å². The first kappa shape index (κ1) is 19.2. The van der Waals surface area contributed by atoms with Crippen LogP contribution in [0.15, 0.2) is 48.5 Å². The van der Waals surface area contributed by atoms with Gasteiger partial charge in [0.1, 0.15) is 5.75 Å². The lowest BCUT2D eigenvalue weighted by molar-refractivity contribution is -0.119. The van der Waals surface area contributed by atoms with Crippen LogP contribution in [0.5, 0.6) is 5.75 Å². The summed E-state index contributed by atoms with van der Waals surface area (Å²) < 4.78 is 7.45. The minimum Gasteiger partial charge on any atom is -0.495 e. The molecule has 0 spiro atoms. The summed E-state index contributed by atoms with van der Waals surface area (Å²) in [7, 11) is 1.64. The van der Waals surface area contributed by atoms with Crippen molar-refractivity contribution in [2.75, 3.05) is 12.4 Å². The molecule has 142 valence electrons. The molecule has 3 N–H and O–H groups in total. The van der Waals surface area contributed by atoms with Gasteiger partial charge in [-0.1, -0.05) is 24.3 Å².